The van der Waals surface area contributed by atoms with E-state index in [0.717, 1.165) is 30.5 Å². The Kier molecular flexibility index (Phi) is 6.37. The van der Waals surface area contributed by atoms with Crippen LogP contribution in [0.4, 0.5) is 5.69 Å². The monoisotopic (exact) mass is 452 g/mol. The fourth-order valence-electron chi connectivity index (χ4n) is 5.16. The molecule has 8 nitrogen and oxygen atoms in total. The van der Waals surface area contributed by atoms with Crippen molar-refractivity contribution >= 4 is 23.4 Å². The van der Waals surface area contributed by atoms with Crippen molar-refractivity contribution in [2.24, 2.45) is 11.7 Å². The number of carbonyl (C=O) groups excluding carboxylic acids is 2. The summed E-state index contributed by atoms with van der Waals surface area (Å²) in [7, 11) is 1.55. The van der Waals surface area contributed by atoms with Gasteiger partial charge in [0.25, 0.3) is 0 Å². The van der Waals surface area contributed by atoms with Crippen LogP contribution in [-0.4, -0.2) is 41.5 Å². The number of rotatable bonds is 8. The van der Waals surface area contributed by atoms with Crippen LogP contribution in [0.1, 0.15) is 42.7 Å². The lowest BCUT2D eigenvalue weighted by Crippen LogP contribution is -2.59. The van der Waals surface area contributed by atoms with E-state index in [2.05, 4.69) is 5.32 Å². The van der Waals surface area contributed by atoms with Crippen molar-refractivity contribution in [1.82, 2.24) is 0 Å². The number of fused-ring (bicyclic) bond motifs is 2. The number of methoxy groups -OCH3 is 1. The molecule has 2 unspecified atom stereocenters. The Morgan fingerprint density at radius 2 is 1.85 bits per heavy atom. The zero-order chi connectivity index (χ0) is 23.6. The van der Waals surface area contributed by atoms with Crippen LogP contribution in [0.25, 0.3) is 0 Å². The van der Waals surface area contributed by atoms with Gasteiger partial charge in [-0.25, -0.2) is 4.79 Å². The van der Waals surface area contributed by atoms with Gasteiger partial charge < -0.3 is 25.6 Å². The second-order valence-corrected chi connectivity index (χ2v) is 8.78. The summed E-state index contributed by atoms with van der Waals surface area (Å²) in [5.41, 5.74) is 6.84. The van der Waals surface area contributed by atoms with Crippen molar-refractivity contribution in [3.05, 3.63) is 59.7 Å². The van der Waals surface area contributed by atoms with Crippen molar-refractivity contribution in [1.29, 1.82) is 0 Å². The molecule has 1 aliphatic carbocycles. The summed E-state index contributed by atoms with van der Waals surface area (Å²) in [6.45, 7) is -0.111. The number of nitrogens with one attached hydrogen (secondary N) is 1. The molecule has 33 heavy (non-hydrogen) atoms. The molecule has 0 saturated heterocycles. The number of carboxylic acids is 1. The number of para-hydroxylation sites is 1. The predicted octanol–water partition coefficient (Wildman–Crippen LogP) is 2.86. The number of hydrogen-bond donors (Lipinski definition) is 3. The minimum absolute atomic E-state index is 0.0379. The van der Waals surface area contributed by atoms with Crippen LogP contribution in [0.2, 0.25) is 0 Å². The summed E-state index contributed by atoms with van der Waals surface area (Å²) < 4.78 is 10.2. The molecule has 4 atom stereocenters. The lowest BCUT2D eigenvalue weighted by Gasteiger charge is -2.44. The van der Waals surface area contributed by atoms with E-state index in [-0.39, 0.29) is 18.6 Å². The van der Waals surface area contributed by atoms with Gasteiger partial charge in [0.15, 0.2) is 0 Å². The number of esters is 1. The van der Waals surface area contributed by atoms with Crippen LogP contribution in [0.3, 0.4) is 0 Å². The molecule has 2 aromatic rings. The molecule has 1 heterocycles. The average molecular weight is 453 g/mol. The second kappa shape index (κ2) is 9.23. The third-order valence-corrected chi connectivity index (χ3v) is 6.80. The van der Waals surface area contributed by atoms with Crippen molar-refractivity contribution < 1.29 is 29.0 Å². The number of carbonyl (C=O) groups is 3. The molecular formula is C25H28N2O6. The second-order valence-electron chi connectivity index (χ2n) is 8.78. The van der Waals surface area contributed by atoms with Crippen molar-refractivity contribution in [2.75, 3.05) is 12.4 Å². The predicted molar refractivity (Wildman–Crippen MR) is 121 cm³/mol. The van der Waals surface area contributed by atoms with E-state index in [1.165, 1.54) is 0 Å². The van der Waals surface area contributed by atoms with Crippen LogP contribution in [0.5, 0.6) is 5.75 Å². The molecule has 0 radical (unpaired) electrons. The molecule has 8 heteroatoms. The Hall–Kier alpha value is -3.39. The molecule has 2 aliphatic rings. The molecule has 1 saturated carbocycles. The van der Waals surface area contributed by atoms with Crippen molar-refractivity contribution in [2.45, 2.75) is 49.8 Å². The third-order valence-electron chi connectivity index (χ3n) is 6.80. The maximum absolute atomic E-state index is 12.8. The fraction of sp³-hybridized carbons (Fsp3) is 0.400. The number of hydrogen-bond acceptors (Lipinski definition) is 7. The van der Waals surface area contributed by atoms with E-state index in [9.17, 15) is 19.5 Å². The summed E-state index contributed by atoms with van der Waals surface area (Å²) in [5.74, 6) is -3.32. The van der Waals surface area contributed by atoms with Crippen molar-refractivity contribution in [3.63, 3.8) is 0 Å². The summed E-state index contributed by atoms with van der Waals surface area (Å²) in [4.78, 5) is 37.7. The lowest BCUT2D eigenvalue weighted by molar-refractivity contribution is -0.157. The van der Waals surface area contributed by atoms with Gasteiger partial charge in [0, 0.05) is 24.1 Å². The average Bonchev–Trinajstić information content (AvgIpc) is 3.28. The van der Waals surface area contributed by atoms with Gasteiger partial charge in [-0.3, -0.25) is 9.59 Å². The summed E-state index contributed by atoms with van der Waals surface area (Å²) in [5, 5.41) is 13.6. The van der Waals surface area contributed by atoms with Gasteiger partial charge in [0.05, 0.1) is 7.11 Å². The van der Waals surface area contributed by atoms with Gasteiger partial charge in [0.1, 0.15) is 17.9 Å². The van der Waals surface area contributed by atoms with E-state index in [4.69, 9.17) is 15.2 Å². The van der Waals surface area contributed by atoms with E-state index in [0.29, 0.717) is 11.3 Å². The first kappa shape index (κ1) is 22.8. The summed E-state index contributed by atoms with van der Waals surface area (Å²) >= 11 is 0. The first-order valence-corrected chi connectivity index (χ1v) is 11.0. The first-order valence-electron chi connectivity index (χ1n) is 11.0. The van der Waals surface area contributed by atoms with E-state index in [1.54, 1.807) is 31.4 Å². The normalized spacial score (nSPS) is 22.8. The van der Waals surface area contributed by atoms with Gasteiger partial charge in [-0.05, 0) is 48.1 Å². The van der Waals surface area contributed by atoms with Crippen LogP contribution < -0.4 is 15.8 Å². The van der Waals surface area contributed by atoms with E-state index < -0.39 is 35.6 Å². The van der Waals surface area contributed by atoms with Crippen molar-refractivity contribution in [3.8, 4) is 5.75 Å². The minimum atomic E-state index is -1.93. The van der Waals surface area contributed by atoms with Gasteiger partial charge in [0.2, 0.25) is 5.78 Å². The maximum Gasteiger partial charge on any atom is 0.375 e. The summed E-state index contributed by atoms with van der Waals surface area (Å²) in [6, 6.07) is 14.4. The molecule has 2 aromatic carbocycles. The SMILES string of the molecule is COc1ccc(COC(=O)C(=O)CC(N)(C(=O)O)C2c3ccccc3N[C@@H]3CCC[C@H]23)cc1. The van der Waals surface area contributed by atoms with E-state index in [1.807, 2.05) is 24.3 Å². The number of Topliss-reactive ketones (excluding diaryl/α,β-unsaturated/α-hetero) is 1. The number of ketones is 1. The first-order chi connectivity index (χ1) is 15.8. The molecule has 174 valence electrons. The van der Waals surface area contributed by atoms with Gasteiger partial charge in [-0.2, -0.15) is 0 Å². The van der Waals surface area contributed by atoms with Crippen LogP contribution in [0, 0.1) is 5.92 Å². The van der Waals surface area contributed by atoms with Crippen LogP contribution >= 0.6 is 0 Å². The zero-order valence-corrected chi connectivity index (χ0v) is 18.5. The minimum Gasteiger partial charge on any atom is -0.497 e. The molecule has 0 aromatic heterocycles. The number of anilines is 1. The number of nitrogens with two attached hydrogens (primary N) is 1. The topological polar surface area (TPSA) is 128 Å². The standard InChI is InChI=1S/C25H28N2O6/c1-32-16-11-9-15(10-12-16)14-33-23(29)21(28)13-25(26,24(30)31)22-17-5-2-3-7-19(17)27-20-8-4-6-18(20)22/h2-3,5,7,9-12,18,20,22,27H,4,6,8,13-14,26H2,1H3,(H,30,31)/t18-,20+,22?,25?/m0/s1. The highest BCUT2D eigenvalue weighted by Crippen LogP contribution is 2.50. The van der Waals surface area contributed by atoms with Gasteiger partial charge in [-0.15, -0.1) is 0 Å². The van der Waals surface area contributed by atoms with Gasteiger partial charge >= 0.3 is 11.9 Å². The Balaban J connectivity index is 1.53. The molecule has 4 N–H and O–H groups in total. The van der Waals surface area contributed by atoms with Crippen LogP contribution in [-0.2, 0) is 25.7 Å². The zero-order valence-electron chi connectivity index (χ0n) is 18.5. The Labute approximate surface area is 192 Å². The van der Waals surface area contributed by atoms with Gasteiger partial charge in [-0.1, -0.05) is 36.8 Å². The number of carboxylic acid groups (broad SMARTS) is 1. The maximum atomic E-state index is 12.8. The smallest absolute Gasteiger partial charge is 0.375 e. The Morgan fingerprint density at radius 1 is 1.12 bits per heavy atom. The molecule has 1 aliphatic heterocycles. The molecule has 0 bridgehead atoms. The summed E-state index contributed by atoms with van der Waals surface area (Å²) in [6.07, 6.45) is 2.02. The molecule has 4 rings (SSSR count). The Morgan fingerprint density at radius 3 is 2.55 bits per heavy atom. The molecule has 0 spiro atoms. The quantitative estimate of drug-likeness (QED) is 0.412. The number of aliphatic carboxylic acids is 1. The highest BCUT2D eigenvalue weighted by molar-refractivity contribution is 6.34. The fourth-order valence-corrected chi connectivity index (χ4v) is 5.16. The number of benzene rings is 2. The molecule has 0 amide bonds. The third kappa shape index (κ3) is 4.43. The van der Waals surface area contributed by atoms with Crippen LogP contribution in [0.15, 0.2) is 48.5 Å². The highest BCUT2D eigenvalue weighted by atomic mass is 16.5. The lowest BCUT2D eigenvalue weighted by atomic mass is 9.66. The number of ether oxygens (including phenoxy) is 2. The molecular weight excluding hydrogens is 424 g/mol. The highest BCUT2D eigenvalue weighted by Gasteiger charge is 2.54. The largest absolute Gasteiger partial charge is 0.497 e. The Bertz CT molecular complexity index is 1050. The molecule has 1 fully saturated rings. The van der Waals surface area contributed by atoms with E-state index >= 15 is 0 Å².